The van der Waals surface area contributed by atoms with Gasteiger partial charge >= 0.3 is 5.97 Å². The van der Waals surface area contributed by atoms with E-state index in [4.69, 9.17) is 4.74 Å². The van der Waals surface area contributed by atoms with Gasteiger partial charge in [0.25, 0.3) is 0 Å². The minimum atomic E-state index is -0.311. The Hall–Kier alpha value is -1.75. The monoisotopic (exact) mass is 366 g/mol. The second-order valence-corrected chi connectivity index (χ2v) is 7.05. The molecule has 0 bridgehead atoms. The van der Waals surface area contributed by atoms with E-state index in [0.29, 0.717) is 6.42 Å². The number of esters is 1. The van der Waals surface area contributed by atoms with E-state index in [1.807, 2.05) is 6.92 Å². The summed E-state index contributed by atoms with van der Waals surface area (Å²) in [5, 5.41) is 28.7. The molecule has 2 unspecified atom stereocenters. The molecule has 1 aromatic rings. The van der Waals surface area contributed by atoms with Gasteiger partial charge in [-0.15, -0.1) is 0 Å². The molecule has 0 saturated carbocycles. The lowest BCUT2D eigenvalue weighted by molar-refractivity contribution is -0.146. The number of unbranched alkanes of at least 4 members (excludes halogenated alkanes) is 5. The molecule has 5 nitrogen and oxygen atoms in total. The average Bonchev–Trinajstić information content (AvgIpc) is 2.55. The maximum atomic E-state index is 11.3. The molecule has 0 heterocycles. The normalized spacial score (nSPS) is 13.3. The van der Waals surface area contributed by atoms with Crippen LogP contribution in [0.15, 0.2) is 18.2 Å². The van der Waals surface area contributed by atoms with E-state index in [1.54, 1.807) is 12.1 Å². The van der Waals surface area contributed by atoms with Crippen molar-refractivity contribution in [2.24, 2.45) is 0 Å². The highest BCUT2D eigenvalue weighted by Gasteiger charge is 2.14. The van der Waals surface area contributed by atoms with Crippen molar-refractivity contribution in [3.63, 3.8) is 0 Å². The first-order chi connectivity index (χ1) is 12.4. The second-order valence-electron chi connectivity index (χ2n) is 7.05. The Morgan fingerprint density at radius 3 is 2.04 bits per heavy atom. The molecule has 0 aliphatic rings. The van der Waals surface area contributed by atoms with Crippen LogP contribution in [0.2, 0.25) is 0 Å². The molecule has 0 amide bonds. The predicted octanol–water partition coefficient (Wildman–Crippen LogP) is 4.46. The topological polar surface area (TPSA) is 87.0 Å². The summed E-state index contributed by atoms with van der Waals surface area (Å²) < 4.78 is 5.39. The van der Waals surface area contributed by atoms with Crippen molar-refractivity contribution in [1.82, 2.24) is 0 Å². The zero-order valence-electron chi connectivity index (χ0n) is 16.1. The molecule has 0 aliphatic carbocycles. The molecule has 0 spiro atoms. The zero-order valence-corrected chi connectivity index (χ0v) is 16.1. The van der Waals surface area contributed by atoms with E-state index in [9.17, 15) is 20.1 Å². The summed E-state index contributed by atoms with van der Waals surface area (Å²) in [6, 6.07) is 4.45. The lowest BCUT2D eigenvalue weighted by Crippen LogP contribution is -2.19. The predicted molar refractivity (Wildman–Crippen MR) is 102 cm³/mol. The minimum absolute atomic E-state index is 0.00904. The van der Waals surface area contributed by atoms with Crippen LogP contribution in [0, 0.1) is 0 Å². The van der Waals surface area contributed by atoms with Gasteiger partial charge < -0.3 is 20.1 Å². The van der Waals surface area contributed by atoms with E-state index >= 15 is 0 Å². The summed E-state index contributed by atoms with van der Waals surface area (Å²) in [5.41, 5.74) is 0.753. The molecule has 0 aliphatic heterocycles. The molecule has 0 radical (unpaired) electrons. The zero-order chi connectivity index (χ0) is 19.4. The number of rotatable bonds is 13. The highest BCUT2D eigenvalue weighted by atomic mass is 16.5. The molecular formula is C21H34O5. The summed E-state index contributed by atoms with van der Waals surface area (Å²) in [7, 11) is 0. The molecule has 1 aromatic carbocycles. The Balaban J connectivity index is 2.29. The van der Waals surface area contributed by atoms with Crippen LogP contribution in [0.1, 0.15) is 77.2 Å². The van der Waals surface area contributed by atoms with Gasteiger partial charge in [-0.1, -0.05) is 39.0 Å². The summed E-state index contributed by atoms with van der Waals surface area (Å²) in [6.07, 6.45) is 9.15. The van der Waals surface area contributed by atoms with Crippen LogP contribution in [-0.2, 0) is 16.0 Å². The lowest BCUT2D eigenvalue weighted by Gasteiger charge is -2.17. The fraction of sp³-hybridized carbons (Fsp3) is 0.667. The Kier molecular flexibility index (Phi) is 10.8. The molecular weight excluding hydrogens is 332 g/mol. The summed E-state index contributed by atoms with van der Waals surface area (Å²) in [4.78, 5) is 11.3. The van der Waals surface area contributed by atoms with Gasteiger partial charge in [-0.25, -0.2) is 0 Å². The van der Waals surface area contributed by atoms with Gasteiger partial charge in [0.15, 0.2) is 0 Å². The van der Waals surface area contributed by atoms with Crippen LogP contribution >= 0.6 is 0 Å². The fourth-order valence-electron chi connectivity index (χ4n) is 3.14. The van der Waals surface area contributed by atoms with Crippen molar-refractivity contribution in [1.29, 1.82) is 0 Å². The molecule has 1 rings (SSSR count). The number of phenolic OH excluding ortho intramolecular Hbond substituents is 2. The molecule has 0 saturated heterocycles. The van der Waals surface area contributed by atoms with E-state index in [-0.39, 0.29) is 29.7 Å². The SMILES string of the molecule is CCC(O)CCCCCCCCC(Cc1cc(O)cc(O)c1)OC(C)=O. The number of hydrogen-bond donors (Lipinski definition) is 3. The smallest absolute Gasteiger partial charge is 0.302 e. The van der Waals surface area contributed by atoms with Crippen LogP contribution in [0.3, 0.4) is 0 Å². The molecule has 5 heteroatoms. The number of ether oxygens (including phenoxy) is 1. The van der Waals surface area contributed by atoms with Gasteiger partial charge in [-0.3, -0.25) is 4.79 Å². The lowest BCUT2D eigenvalue weighted by atomic mass is 10.0. The Morgan fingerprint density at radius 1 is 0.962 bits per heavy atom. The maximum absolute atomic E-state index is 11.3. The first-order valence-electron chi connectivity index (χ1n) is 9.78. The van der Waals surface area contributed by atoms with E-state index in [2.05, 4.69) is 0 Å². The van der Waals surface area contributed by atoms with Crippen molar-refractivity contribution in [2.75, 3.05) is 0 Å². The van der Waals surface area contributed by atoms with Gasteiger partial charge in [0.2, 0.25) is 0 Å². The second kappa shape index (κ2) is 12.6. The highest BCUT2D eigenvalue weighted by molar-refractivity contribution is 5.66. The standard InChI is InChI=1S/C21H34O5/c1-3-18(23)10-8-6-4-5-7-9-11-21(26-16(2)22)14-17-12-19(24)15-20(25)13-17/h12-13,15,18,21,23-25H,3-11,14H2,1-2H3. The summed E-state index contributed by atoms with van der Waals surface area (Å²) >= 11 is 0. The van der Waals surface area contributed by atoms with Gasteiger partial charge in [-0.05, 0) is 43.4 Å². The Labute approximate surface area is 157 Å². The van der Waals surface area contributed by atoms with Crippen LogP contribution < -0.4 is 0 Å². The van der Waals surface area contributed by atoms with E-state index in [0.717, 1.165) is 63.4 Å². The molecule has 2 atom stereocenters. The van der Waals surface area contributed by atoms with Gasteiger partial charge in [0, 0.05) is 19.4 Å². The number of carbonyl (C=O) groups is 1. The number of hydrogen-bond acceptors (Lipinski definition) is 5. The van der Waals surface area contributed by atoms with Crippen molar-refractivity contribution < 1.29 is 24.9 Å². The van der Waals surface area contributed by atoms with Crippen molar-refractivity contribution in [3.8, 4) is 11.5 Å². The van der Waals surface area contributed by atoms with E-state index < -0.39 is 0 Å². The first kappa shape index (κ1) is 22.3. The Bertz CT molecular complexity index is 509. The maximum Gasteiger partial charge on any atom is 0.302 e. The van der Waals surface area contributed by atoms with Gasteiger partial charge in [0.05, 0.1) is 6.10 Å². The third-order valence-electron chi connectivity index (χ3n) is 4.54. The third kappa shape index (κ3) is 10.3. The minimum Gasteiger partial charge on any atom is -0.508 e. The van der Waals surface area contributed by atoms with E-state index in [1.165, 1.54) is 13.0 Å². The molecule has 3 N–H and O–H groups in total. The number of aliphatic hydroxyl groups excluding tert-OH is 1. The number of aromatic hydroxyl groups is 2. The average molecular weight is 366 g/mol. The van der Waals surface area contributed by atoms with Crippen molar-refractivity contribution in [2.45, 2.75) is 90.3 Å². The number of phenols is 2. The number of carbonyl (C=O) groups excluding carboxylic acids is 1. The molecule has 0 aromatic heterocycles. The quantitative estimate of drug-likeness (QED) is 0.354. The van der Waals surface area contributed by atoms with Gasteiger partial charge in [-0.2, -0.15) is 0 Å². The number of benzene rings is 1. The molecule has 0 fully saturated rings. The number of aliphatic hydroxyl groups is 1. The van der Waals surface area contributed by atoms with Crippen LogP contribution in [0.4, 0.5) is 0 Å². The van der Waals surface area contributed by atoms with Crippen LogP contribution in [-0.4, -0.2) is 33.5 Å². The molecule has 26 heavy (non-hydrogen) atoms. The fourth-order valence-corrected chi connectivity index (χ4v) is 3.14. The Morgan fingerprint density at radius 2 is 1.50 bits per heavy atom. The summed E-state index contributed by atoms with van der Waals surface area (Å²) in [5.74, 6) is -0.293. The van der Waals surface area contributed by atoms with Crippen molar-refractivity contribution >= 4 is 5.97 Å². The summed E-state index contributed by atoms with van der Waals surface area (Å²) in [6.45, 7) is 3.40. The molecule has 148 valence electrons. The van der Waals surface area contributed by atoms with Crippen molar-refractivity contribution in [3.05, 3.63) is 23.8 Å². The first-order valence-corrected chi connectivity index (χ1v) is 9.78. The van der Waals surface area contributed by atoms with Crippen LogP contribution in [0.25, 0.3) is 0 Å². The highest BCUT2D eigenvalue weighted by Crippen LogP contribution is 2.23. The third-order valence-corrected chi connectivity index (χ3v) is 4.54. The van der Waals surface area contributed by atoms with Gasteiger partial charge in [0.1, 0.15) is 17.6 Å². The largest absolute Gasteiger partial charge is 0.508 e. The van der Waals surface area contributed by atoms with Crippen LogP contribution in [0.5, 0.6) is 11.5 Å².